The molecule has 0 aliphatic carbocycles. The number of carbonyl (C=O) groups is 1. The Balaban J connectivity index is 3.01. The molecule has 0 spiro atoms. The Morgan fingerprint density at radius 1 is 1.60 bits per heavy atom. The zero-order valence-corrected chi connectivity index (χ0v) is 9.48. The summed E-state index contributed by atoms with van der Waals surface area (Å²) in [6, 6.07) is 6.36. The van der Waals surface area contributed by atoms with Crippen molar-refractivity contribution in [2.45, 2.75) is 4.90 Å². The van der Waals surface area contributed by atoms with Crippen LogP contribution in [-0.4, -0.2) is 22.5 Å². The minimum absolute atomic E-state index is 0.229. The van der Waals surface area contributed by atoms with Crippen molar-refractivity contribution in [2.75, 3.05) is 6.54 Å². The molecular weight excluding hydrogens is 236 g/mol. The first-order chi connectivity index (χ1) is 6.95. The van der Waals surface area contributed by atoms with Crippen molar-refractivity contribution >= 4 is 33.1 Å². The molecule has 0 heterocycles. The molecule has 0 fully saturated rings. The molecule has 1 aromatic carbocycles. The van der Waals surface area contributed by atoms with Crippen molar-refractivity contribution in [1.29, 1.82) is 0 Å². The third-order valence-corrected chi connectivity index (χ3v) is 3.45. The highest BCUT2D eigenvalue weighted by molar-refractivity contribution is 7.99. The van der Waals surface area contributed by atoms with Crippen LogP contribution in [0.3, 0.4) is 0 Å². The fraction of sp³-hybridized carbons (Fsp3) is 0.111. The standard InChI is InChI=1S/C9H11ClN2O2S/c1-15(14,12-9(13)6-11)8-4-2-3-7(10)5-8/h2-5H,1,6,11H2,(H,12,13,14). The van der Waals surface area contributed by atoms with Crippen molar-refractivity contribution in [2.24, 2.45) is 5.73 Å². The topological polar surface area (TPSA) is 72.2 Å². The molecule has 1 amide bonds. The lowest BCUT2D eigenvalue weighted by atomic mass is 10.4. The normalized spacial score (nSPS) is 14.3. The van der Waals surface area contributed by atoms with Crippen molar-refractivity contribution < 1.29 is 9.00 Å². The number of hydrogen-bond donors (Lipinski definition) is 2. The van der Waals surface area contributed by atoms with E-state index in [1.54, 1.807) is 18.2 Å². The van der Waals surface area contributed by atoms with Gasteiger partial charge >= 0.3 is 0 Å². The molecule has 0 saturated heterocycles. The molecule has 1 unspecified atom stereocenters. The number of nitrogens with two attached hydrogens (primary N) is 1. The Kier molecular flexibility index (Phi) is 3.73. The third kappa shape index (κ3) is 3.23. The van der Waals surface area contributed by atoms with Crippen LogP contribution in [0.25, 0.3) is 0 Å². The highest BCUT2D eigenvalue weighted by atomic mass is 35.5. The van der Waals surface area contributed by atoms with Crippen LogP contribution in [0.1, 0.15) is 0 Å². The van der Waals surface area contributed by atoms with Gasteiger partial charge in [-0.1, -0.05) is 17.7 Å². The maximum atomic E-state index is 12.0. The predicted octanol–water partition coefficient (Wildman–Crippen LogP) is 0.405. The highest BCUT2D eigenvalue weighted by Crippen LogP contribution is 2.14. The first-order valence-corrected chi connectivity index (χ1v) is 6.20. The summed E-state index contributed by atoms with van der Waals surface area (Å²) in [4.78, 5) is 11.4. The predicted molar refractivity (Wildman–Crippen MR) is 62.2 cm³/mol. The van der Waals surface area contributed by atoms with Gasteiger partial charge in [-0.3, -0.25) is 9.52 Å². The Bertz CT molecular complexity index is 471. The maximum Gasteiger partial charge on any atom is 0.245 e. The van der Waals surface area contributed by atoms with Gasteiger partial charge in [-0.05, 0) is 24.1 Å². The quantitative estimate of drug-likeness (QED) is 0.759. The molecule has 1 aromatic rings. The van der Waals surface area contributed by atoms with E-state index < -0.39 is 15.6 Å². The van der Waals surface area contributed by atoms with Crippen LogP contribution in [0.2, 0.25) is 5.02 Å². The van der Waals surface area contributed by atoms with E-state index in [-0.39, 0.29) is 6.54 Å². The van der Waals surface area contributed by atoms with E-state index in [0.717, 1.165) is 0 Å². The van der Waals surface area contributed by atoms with Gasteiger partial charge in [0.05, 0.1) is 21.1 Å². The first-order valence-electron chi connectivity index (χ1n) is 4.09. The second kappa shape index (κ2) is 4.65. The van der Waals surface area contributed by atoms with Crippen molar-refractivity contribution in [1.82, 2.24) is 4.72 Å². The Labute approximate surface area is 93.6 Å². The molecule has 0 bridgehead atoms. The minimum Gasteiger partial charge on any atom is -0.322 e. The molecule has 0 saturated carbocycles. The van der Waals surface area contributed by atoms with Gasteiger partial charge in [0.1, 0.15) is 0 Å². The largest absolute Gasteiger partial charge is 0.322 e. The van der Waals surface area contributed by atoms with Crippen LogP contribution in [0, 0.1) is 0 Å². The van der Waals surface area contributed by atoms with Crippen molar-refractivity contribution in [3.05, 3.63) is 29.3 Å². The zero-order valence-electron chi connectivity index (χ0n) is 7.90. The molecule has 4 nitrogen and oxygen atoms in total. The van der Waals surface area contributed by atoms with Gasteiger partial charge < -0.3 is 5.73 Å². The van der Waals surface area contributed by atoms with Crippen LogP contribution >= 0.6 is 11.6 Å². The van der Waals surface area contributed by atoms with Gasteiger partial charge in [0, 0.05) is 5.02 Å². The lowest BCUT2D eigenvalue weighted by Gasteiger charge is -2.10. The molecule has 1 rings (SSSR count). The zero-order chi connectivity index (χ0) is 11.5. The van der Waals surface area contributed by atoms with Gasteiger partial charge in [0.25, 0.3) is 0 Å². The van der Waals surface area contributed by atoms with Gasteiger partial charge in [-0.2, -0.15) is 0 Å². The van der Waals surface area contributed by atoms with E-state index in [4.69, 9.17) is 17.3 Å². The fourth-order valence-corrected chi connectivity index (χ4v) is 2.40. The average Bonchev–Trinajstić information content (AvgIpc) is 2.17. The highest BCUT2D eigenvalue weighted by Gasteiger charge is 2.10. The second-order valence-corrected chi connectivity index (χ2v) is 5.32. The molecule has 0 aromatic heterocycles. The minimum atomic E-state index is -2.86. The summed E-state index contributed by atoms with van der Waals surface area (Å²) in [6.45, 7) is -0.229. The van der Waals surface area contributed by atoms with Gasteiger partial charge in [0.15, 0.2) is 0 Å². The fourth-order valence-electron chi connectivity index (χ4n) is 0.957. The average molecular weight is 247 g/mol. The molecule has 6 heteroatoms. The molecule has 0 aliphatic heterocycles. The van der Waals surface area contributed by atoms with E-state index in [1.807, 2.05) is 0 Å². The van der Waals surface area contributed by atoms with E-state index in [0.29, 0.717) is 9.92 Å². The number of nitrogens with one attached hydrogen (secondary N) is 1. The number of amides is 1. The first kappa shape index (κ1) is 12.0. The van der Waals surface area contributed by atoms with Crippen LogP contribution in [-0.2, 0) is 14.5 Å². The molecule has 15 heavy (non-hydrogen) atoms. The molecule has 3 N–H and O–H groups in total. The van der Waals surface area contributed by atoms with Crippen LogP contribution in [0.4, 0.5) is 0 Å². The molecular formula is C9H11ClN2O2S. The SMILES string of the molecule is C=S(=O)(NC(=O)CN)c1cccc(Cl)c1. The van der Waals surface area contributed by atoms with Crippen LogP contribution in [0.15, 0.2) is 29.2 Å². The maximum absolute atomic E-state index is 12.0. The molecule has 0 aliphatic rings. The monoisotopic (exact) mass is 246 g/mol. The number of halogens is 1. The summed E-state index contributed by atoms with van der Waals surface area (Å²) >= 11 is 5.73. The summed E-state index contributed by atoms with van der Waals surface area (Å²) in [5.74, 6) is 2.93. The smallest absolute Gasteiger partial charge is 0.245 e. The molecule has 0 radical (unpaired) electrons. The Morgan fingerprint density at radius 3 is 2.80 bits per heavy atom. The molecule has 1 atom stereocenters. The van der Waals surface area contributed by atoms with Gasteiger partial charge in [-0.15, -0.1) is 0 Å². The number of rotatable bonds is 3. The summed E-state index contributed by atoms with van der Waals surface area (Å²) in [5, 5.41) is 0.436. The van der Waals surface area contributed by atoms with Gasteiger partial charge in [-0.25, -0.2) is 4.21 Å². The van der Waals surface area contributed by atoms with E-state index in [2.05, 4.69) is 10.6 Å². The lowest BCUT2D eigenvalue weighted by Crippen LogP contribution is -2.35. The summed E-state index contributed by atoms with van der Waals surface area (Å²) in [7, 11) is -2.86. The van der Waals surface area contributed by atoms with Crippen molar-refractivity contribution in [3.63, 3.8) is 0 Å². The second-order valence-electron chi connectivity index (χ2n) is 2.86. The summed E-state index contributed by atoms with van der Waals surface area (Å²) in [6.07, 6.45) is 0. The van der Waals surface area contributed by atoms with Crippen LogP contribution < -0.4 is 10.5 Å². The third-order valence-electron chi connectivity index (χ3n) is 1.64. The van der Waals surface area contributed by atoms with Crippen LogP contribution in [0.5, 0.6) is 0 Å². The summed E-state index contributed by atoms with van der Waals surface area (Å²) in [5.41, 5.74) is 5.10. The Hall–Kier alpha value is -1.04. The number of hydrogen-bond acceptors (Lipinski definition) is 3. The Morgan fingerprint density at radius 2 is 2.27 bits per heavy atom. The van der Waals surface area contributed by atoms with E-state index in [1.165, 1.54) is 6.07 Å². The molecule has 82 valence electrons. The lowest BCUT2D eigenvalue weighted by molar-refractivity contribution is -0.117. The van der Waals surface area contributed by atoms with Crippen molar-refractivity contribution in [3.8, 4) is 0 Å². The number of benzene rings is 1. The van der Waals surface area contributed by atoms with Gasteiger partial charge in [0.2, 0.25) is 5.91 Å². The van der Waals surface area contributed by atoms with E-state index >= 15 is 0 Å². The number of carbonyl (C=O) groups excluding carboxylic acids is 1. The summed E-state index contributed by atoms with van der Waals surface area (Å²) < 4.78 is 14.2. The van der Waals surface area contributed by atoms with E-state index in [9.17, 15) is 9.00 Å².